The van der Waals surface area contributed by atoms with Crippen LogP contribution in [-0.4, -0.2) is 20.4 Å². The molecule has 1 rings (SSSR count). The number of rotatable bonds is 3. The Balaban J connectivity index is 3.14. The average molecular weight is 262 g/mol. The van der Waals surface area contributed by atoms with Gasteiger partial charge in [-0.05, 0) is 28.1 Å². The Morgan fingerprint density at radius 3 is 2.71 bits per heavy atom. The Hall–Kier alpha value is -1.10. The zero-order chi connectivity index (χ0) is 10.6. The summed E-state index contributed by atoms with van der Waals surface area (Å²) in [6.45, 7) is 0. The van der Waals surface area contributed by atoms with Crippen LogP contribution in [0.15, 0.2) is 21.8 Å². The molecule has 0 unspecified atom stereocenters. The second-order valence-corrected chi connectivity index (χ2v) is 3.26. The van der Waals surface area contributed by atoms with Gasteiger partial charge < -0.3 is 9.57 Å². The van der Waals surface area contributed by atoms with Crippen LogP contribution in [0.5, 0.6) is 5.75 Å². The Labute approximate surface area is 89.6 Å². The molecule has 0 aliphatic heterocycles. The minimum atomic E-state index is -0.470. The maximum Gasteiger partial charge on any atom is 0.175 e. The molecule has 0 N–H and O–H groups in total. The second-order valence-electron chi connectivity index (χ2n) is 2.40. The molecule has 0 aliphatic carbocycles. The third-order valence-electron chi connectivity index (χ3n) is 1.58. The molecule has 0 aliphatic rings. The predicted molar refractivity (Wildman–Crippen MR) is 55.3 cm³/mol. The molecule has 0 bridgehead atoms. The summed E-state index contributed by atoms with van der Waals surface area (Å²) in [7, 11) is 2.80. The van der Waals surface area contributed by atoms with Gasteiger partial charge in [-0.1, -0.05) is 5.16 Å². The Morgan fingerprint density at radius 2 is 2.14 bits per heavy atom. The van der Waals surface area contributed by atoms with Crippen LogP contribution >= 0.6 is 15.9 Å². The SMILES string of the molecule is CO/N=C/c1ccc(Br)c(OC)c1F. The number of hydrogen-bond donors (Lipinski definition) is 0. The Kier molecular flexibility index (Phi) is 3.88. The molecule has 0 atom stereocenters. The van der Waals surface area contributed by atoms with E-state index in [1.807, 2.05) is 0 Å². The first-order valence-corrected chi connectivity index (χ1v) is 4.58. The molecule has 3 nitrogen and oxygen atoms in total. The van der Waals surface area contributed by atoms with Crippen LogP contribution in [0.25, 0.3) is 0 Å². The van der Waals surface area contributed by atoms with Gasteiger partial charge in [0.1, 0.15) is 7.11 Å². The van der Waals surface area contributed by atoms with Crippen molar-refractivity contribution in [1.29, 1.82) is 0 Å². The fraction of sp³-hybridized carbons (Fsp3) is 0.222. The van der Waals surface area contributed by atoms with E-state index in [2.05, 4.69) is 25.9 Å². The molecule has 0 amide bonds. The maximum absolute atomic E-state index is 13.6. The number of hydrogen-bond acceptors (Lipinski definition) is 3. The van der Waals surface area contributed by atoms with Crippen molar-refractivity contribution in [2.75, 3.05) is 14.2 Å². The van der Waals surface area contributed by atoms with Crippen LogP contribution in [-0.2, 0) is 4.84 Å². The van der Waals surface area contributed by atoms with Crippen LogP contribution < -0.4 is 4.74 Å². The predicted octanol–water partition coefficient (Wildman–Crippen LogP) is 2.58. The molecule has 76 valence electrons. The van der Waals surface area contributed by atoms with E-state index in [9.17, 15) is 4.39 Å². The molecule has 14 heavy (non-hydrogen) atoms. The van der Waals surface area contributed by atoms with E-state index in [1.165, 1.54) is 20.4 Å². The van der Waals surface area contributed by atoms with Crippen LogP contribution in [0.2, 0.25) is 0 Å². The van der Waals surface area contributed by atoms with Gasteiger partial charge in [-0.3, -0.25) is 0 Å². The summed E-state index contributed by atoms with van der Waals surface area (Å²) in [5.74, 6) is -0.312. The Morgan fingerprint density at radius 1 is 1.43 bits per heavy atom. The summed E-state index contributed by atoms with van der Waals surface area (Å²) in [5.41, 5.74) is 0.312. The van der Waals surface area contributed by atoms with Crippen LogP contribution in [0.1, 0.15) is 5.56 Å². The normalized spacial score (nSPS) is 10.6. The van der Waals surface area contributed by atoms with E-state index in [-0.39, 0.29) is 5.75 Å². The molecule has 0 saturated heterocycles. The second kappa shape index (κ2) is 4.95. The first-order chi connectivity index (χ1) is 6.70. The van der Waals surface area contributed by atoms with Crippen molar-refractivity contribution in [3.05, 3.63) is 28.0 Å². The fourth-order valence-electron chi connectivity index (χ4n) is 0.944. The summed E-state index contributed by atoms with van der Waals surface area (Å²) in [5, 5.41) is 3.47. The molecular formula is C9H9BrFNO2. The van der Waals surface area contributed by atoms with E-state index in [0.717, 1.165) is 0 Å². The number of nitrogens with zero attached hydrogens (tertiary/aromatic N) is 1. The minimum absolute atomic E-state index is 0.157. The van der Waals surface area contributed by atoms with Gasteiger partial charge >= 0.3 is 0 Å². The van der Waals surface area contributed by atoms with E-state index >= 15 is 0 Å². The van der Waals surface area contributed by atoms with Gasteiger partial charge in [0, 0.05) is 5.56 Å². The van der Waals surface area contributed by atoms with Crippen molar-refractivity contribution in [2.24, 2.45) is 5.16 Å². The standard InChI is InChI=1S/C9H9BrFNO2/c1-13-9-7(10)4-3-6(8(9)11)5-12-14-2/h3-5H,1-2H3/b12-5+. The lowest BCUT2D eigenvalue weighted by Crippen LogP contribution is -1.95. The highest BCUT2D eigenvalue weighted by Crippen LogP contribution is 2.29. The molecule has 1 aromatic carbocycles. The lowest BCUT2D eigenvalue weighted by molar-refractivity contribution is 0.215. The lowest BCUT2D eigenvalue weighted by atomic mass is 10.2. The topological polar surface area (TPSA) is 30.8 Å². The highest BCUT2D eigenvalue weighted by Gasteiger charge is 2.10. The van der Waals surface area contributed by atoms with Crippen LogP contribution in [0.4, 0.5) is 4.39 Å². The molecule has 0 spiro atoms. The molecule has 0 aromatic heterocycles. The zero-order valence-electron chi connectivity index (χ0n) is 7.75. The quantitative estimate of drug-likeness (QED) is 0.619. The summed E-state index contributed by atoms with van der Waals surface area (Å²) < 4.78 is 19.0. The molecule has 1 aromatic rings. The van der Waals surface area contributed by atoms with Crippen molar-refractivity contribution in [1.82, 2.24) is 0 Å². The van der Waals surface area contributed by atoms with Gasteiger partial charge in [-0.25, -0.2) is 4.39 Å². The summed E-state index contributed by atoms with van der Waals surface area (Å²) >= 11 is 3.17. The van der Waals surface area contributed by atoms with Crippen molar-refractivity contribution in [2.45, 2.75) is 0 Å². The first-order valence-electron chi connectivity index (χ1n) is 3.79. The molecule has 0 heterocycles. The fourth-order valence-corrected chi connectivity index (χ4v) is 1.41. The Bertz CT molecular complexity index is 355. The number of ether oxygens (including phenoxy) is 1. The number of oxime groups is 1. The first kappa shape index (κ1) is 11.0. The van der Waals surface area contributed by atoms with Gasteiger partial charge in [0.05, 0.1) is 17.8 Å². The van der Waals surface area contributed by atoms with E-state index in [0.29, 0.717) is 10.0 Å². The van der Waals surface area contributed by atoms with Crippen molar-refractivity contribution in [3.63, 3.8) is 0 Å². The van der Waals surface area contributed by atoms with E-state index in [1.54, 1.807) is 12.1 Å². The number of halogens is 2. The monoisotopic (exact) mass is 261 g/mol. The van der Waals surface area contributed by atoms with Crippen LogP contribution in [0, 0.1) is 5.82 Å². The number of methoxy groups -OCH3 is 1. The van der Waals surface area contributed by atoms with Crippen molar-refractivity contribution >= 4 is 22.1 Å². The van der Waals surface area contributed by atoms with E-state index in [4.69, 9.17) is 4.74 Å². The van der Waals surface area contributed by atoms with Crippen molar-refractivity contribution < 1.29 is 14.0 Å². The summed E-state index contributed by atoms with van der Waals surface area (Å²) in [4.78, 5) is 4.45. The van der Waals surface area contributed by atoms with Crippen LogP contribution in [0.3, 0.4) is 0 Å². The maximum atomic E-state index is 13.6. The molecular weight excluding hydrogens is 253 g/mol. The van der Waals surface area contributed by atoms with Crippen molar-refractivity contribution in [3.8, 4) is 5.75 Å². The lowest BCUT2D eigenvalue weighted by Gasteiger charge is -2.05. The third-order valence-corrected chi connectivity index (χ3v) is 2.20. The minimum Gasteiger partial charge on any atom is -0.492 e. The summed E-state index contributed by atoms with van der Waals surface area (Å²) in [6.07, 6.45) is 1.28. The third kappa shape index (κ3) is 2.23. The van der Waals surface area contributed by atoms with Gasteiger partial charge in [0.25, 0.3) is 0 Å². The van der Waals surface area contributed by atoms with Gasteiger partial charge in [-0.2, -0.15) is 0 Å². The molecule has 0 fully saturated rings. The highest BCUT2D eigenvalue weighted by atomic mass is 79.9. The largest absolute Gasteiger partial charge is 0.492 e. The van der Waals surface area contributed by atoms with Gasteiger partial charge in [0.2, 0.25) is 0 Å². The summed E-state index contributed by atoms with van der Waals surface area (Å²) in [6, 6.07) is 3.25. The smallest absolute Gasteiger partial charge is 0.175 e. The molecule has 0 radical (unpaired) electrons. The van der Waals surface area contributed by atoms with Gasteiger partial charge in [-0.15, -0.1) is 0 Å². The average Bonchev–Trinajstić information content (AvgIpc) is 2.18. The molecule has 0 saturated carbocycles. The number of benzene rings is 1. The highest BCUT2D eigenvalue weighted by molar-refractivity contribution is 9.10. The van der Waals surface area contributed by atoms with E-state index < -0.39 is 5.82 Å². The zero-order valence-corrected chi connectivity index (χ0v) is 9.34. The van der Waals surface area contributed by atoms with Gasteiger partial charge in [0.15, 0.2) is 11.6 Å². The molecule has 5 heteroatoms.